The van der Waals surface area contributed by atoms with Gasteiger partial charge in [-0.3, -0.25) is 19.0 Å². The Balaban J connectivity index is 2.58. The molecule has 0 aromatic carbocycles. The van der Waals surface area contributed by atoms with Crippen LogP contribution in [-0.4, -0.2) is 51.9 Å². The van der Waals surface area contributed by atoms with Gasteiger partial charge in [-0.25, -0.2) is 4.79 Å². The van der Waals surface area contributed by atoms with Crippen molar-refractivity contribution in [2.45, 2.75) is 44.8 Å². The highest BCUT2D eigenvalue weighted by atomic mass is 16.7. The van der Waals surface area contributed by atoms with Gasteiger partial charge in [0.15, 0.2) is 18.4 Å². The number of nitrogen functional groups attached to an aromatic ring is 1. The van der Waals surface area contributed by atoms with Crippen LogP contribution in [0.5, 0.6) is 0 Å². The maximum atomic E-state index is 12.3. The van der Waals surface area contributed by atoms with E-state index in [1.54, 1.807) is 0 Å². The minimum Gasteiger partial charge on any atom is -0.462 e. The van der Waals surface area contributed by atoms with Gasteiger partial charge in [0.1, 0.15) is 12.4 Å². The fraction of sp³-hybridized carbons (Fsp3) is 0.471. The van der Waals surface area contributed by atoms with Gasteiger partial charge in [0.25, 0.3) is 0 Å². The lowest BCUT2D eigenvalue weighted by Crippen LogP contribution is -2.49. The van der Waals surface area contributed by atoms with Crippen LogP contribution in [0.1, 0.15) is 27.0 Å². The minimum atomic E-state index is -1.82. The Kier molecular flexibility index (Phi) is 6.05. The molecule has 11 nitrogen and oxygen atoms in total. The average Bonchev–Trinajstić information content (AvgIpc) is 2.86. The van der Waals surface area contributed by atoms with E-state index in [1.165, 1.54) is 12.3 Å². The third-order valence-electron chi connectivity index (χ3n) is 3.82. The number of aromatic nitrogens is 2. The molecule has 1 aliphatic rings. The van der Waals surface area contributed by atoms with E-state index in [0.717, 1.165) is 25.3 Å². The number of nitrogens with zero attached hydrogens (tertiary/aromatic N) is 2. The van der Waals surface area contributed by atoms with Gasteiger partial charge in [-0.1, -0.05) is 5.92 Å². The Morgan fingerprint density at radius 3 is 2.43 bits per heavy atom. The monoisotopic (exact) mass is 393 g/mol. The minimum absolute atomic E-state index is 0.0389. The molecule has 28 heavy (non-hydrogen) atoms. The predicted molar refractivity (Wildman–Crippen MR) is 92.3 cm³/mol. The zero-order valence-corrected chi connectivity index (χ0v) is 15.4. The highest BCUT2D eigenvalue weighted by Gasteiger charge is 2.60. The summed E-state index contributed by atoms with van der Waals surface area (Å²) in [6, 6.07) is 1.32. The first-order chi connectivity index (χ1) is 13.1. The van der Waals surface area contributed by atoms with Crippen LogP contribution in [0, 0.1) is 12.3 Å². The van der Waals surface area contributed by atoms with Gasteiger partial charge < -0.3 is 24.7 Å². The van der Waals surface area contributed by atoms with Gasteiger partial charge in [-0.2, -0.15) is 4.98 Å². The molecule has 1 fully saturated rings. The maximum absolute atomic E-state index is 12.3. The van der Waals surface area contributed by atoms with Crippen molar-refractivity contribution in [1.29, 1.82) is 0 Å². The third-order valence-corrected chi connectivity index (χ3v) is 3.82. The first-order valence-electron chi connectivity index (χ1n) is 8.07. The number of ether oxygens (including phenoxy) is 4. The molecule has 0 radical (unpaired) electrons. The number of rotatable bonds is 5. The van der Waals surface area contributed by atoms with Crippen LogP contribution in [0.25, 0.3) is 0 Å². The van der Waals surface area contributed by atoms with E-state index in [2.05, 4.69) is 10.9 Å². The molecule has 0 amide bonds. The Morgan fingerprint density at radius 2 is 1.93 bits per heavy atom. The van der Waals surface area contributed by atoms with Crippen molar-refractivity contribution in [1.82, 2.24) is 9.55 Å². The summed E-state index contributed by atoms with van der Waals surface area (Å²) < 4.78 is 22.2. The number of nitrogens with two attached hydrogens (primary N) is 1. The standard InChI is InChI=1S/C17H19N3O8/c1-5-17(8-25-9(2)21)14(27-11(4)23)13(26-10(3)22)15(28-17)20-7-6-12(18)19-16(20)24/h1,6-7,13-15H,8H2,2-4H3,(H2,18,19,24)/t13-,14-,15?,17+/m0/s1. The number of hydrogen-bond acceptors (Lipinski definition) is 10. The summed E-state index contributed by atoms with van der Waals surface area (Å²) in [5, 5.41) is 0. The second-order valence-corrected chi connectivity index (χ2v) is 5.97. The van der Waals surface area contributed by atoms with Crippen molar-refractivity contribution in [3.63, 3.8) is 0 Å². The molecule has 1 aromatic rings. The maximum Gasteiger partial charge on any atom is 0.351 e. The Morgan fingerprint density at radius 1 is 1.29 bits per heavy atom. The summed E-state index contributed by atoms with van der Waals surface area (Å²) in [4.78, 5) is 50.4. The lowest BCUT2D eigenvalue weighted by molar-refractivity contribution is -0.169. The molecule has 4 atom stereocenters. The predicted octanol–water partition coefficient (Wildman–Crippen LogP) is -0.847. The first-order valence-corrected chi connectivity index (χ1v) is 8.07. The lowest BCUT2D eigenvalue weighted by Gasteiger charge is -2.28. The van der Waals surface area contributed by atoms with Crippen molar-refractivity contribution in [3.8, 4) is 12.3 Å². The van der Waals surface area contributed by atoms with E-state index in [1.807, 2.05) is 0 Å². The quantitative estimate of drug-likeness (QED) is 0.381. The second-order valence-electron chi connectivity index (χ2n) is 5.97. The highest BCUT2D eigenvalue weighted by Crippen LogP contribution is 2.40. The number of hydrogen-bond donors (Lipinski definition) is 1. The van der Waals surface area contributed by atoms with Gasteiger partial charge >= 0.3 is 23.6 Å². The molecule has 2 heterocycles. The summed E-state index contributed by atoms with van der Waals surface area (Å²) in [5.74, 6) is 0.0906. The van der Waals surface area contributed by atoms with Crippen molar-refractivity contribution in [2.24, 2.45) is 0 Å². The molecule has 0 aliphatic carbocycles. The number of anilines is 1. The molecule has 2 N–H and O–H groups in total. The summed E-state index contributed by atoms with van der Waals surface area (Å²) in [6.07, 6.45) is 2.84. The largest absolute Gasteiger partial charge is 0.462 e. The van der Waals surface area contributed by atoms with Crippen LogP contribution >= 0.6 is 0 Å². The molecule has 1 unspecified atom stereocenters. The first kappa shape index (κ1) is 20.9. The highest BCUT2D eigenvalue weighted by molar-refractivity contribution is 5.68. The van der Waals surface area contributed by atoms with Crippen molar-refractivity contribution in [2.75, 3.05) is 12.3 Å². The fourth-order valence-corrected chi connectivity index (χ4v) is 2.73. The van der Waals surface area contributed by atoms with Gasteiger partial charge in [0.05, 0.1) is 0 Å². The van der Waals surface area contributed by atoms with Gasteiger partial charge in [0.2, 0.25) is 5.60 Å². The summed E-state index contributed by atoms with van der Waals surface area (Å²) >= 11 is 0. The van der Waals surface area contributed by atoms with Crippen molar-refractivity contribution >= 4 is 23.7 Å². The van der Waals surface area contributed by atoms with Crippen LogP contribution in [-0.2, 0) is 33.3 Å². The van der Waals surface area contributed by atoms with Crippen LogP contribution in [0.3, 0.4) is 0 Å². The summed E-state index contributed by atoms with van der Waals surface area (Å²) in [7, 11) is 0. The molecule has 0 saturated carbocycles. The number of esters is 3. The SMILES string of the molecule is C#C[C@]1(COC(C)=O)OC(n2ccc(N)nc2=O)[C@@H](OC(C)=O)[C@@H]1OC(C)=O. The van der Waals surface area contributed by atoms with E-state index in [9.17, 15) is 19.2 Å². The molecule has 150 valence electrons. The normalized spacial score (nSPS) is 26.1. The Bertz CT molecular complexity index is 889. The van der Waals surface area contributed by atoms with E-state index in [4.69, 9.17) is 31.1 Å². The number of carbonyl (C=O) groups excluding carboxylic acids is 3. The van der Waals surface area contributed by atoms with Crippen LogP contribution < -0.4 is 11.4 Å². The Labute approximate surface area is 159 Å². The zero-order chi connectivity index (χ0) is 21.1. The summed E-state index contributed by atoms with van der Waals surface area (Å²) in [5.41, 5.74) is 2.85. The van der Waals surface area contributed by atoms with Gasteiger partial charge in [-0.15, -0.1) is 6.42 Å². The van der Waals surface area contributed by atoms with E-state index in [0.29, 0.717) is 0 Å². The van der Waals surface area contributed by atoms with Crippen molar-refractivity contribution in [3.05, 3.63) is 22.7 Å². The van der Waals surface area contributed by atoms with Crippen LogP contribution in [0.4, 0.5) is 5.82 Å². The molecule has 0 spiro atoms. The van der Waals surface area contributed by atoms with Gasteiger partial charge in [-0.05, 0) is 6.07 Å². The van der Waals surface area contributed by atoms with Crippen molar-refractivity contribution < 1.29 is 33.3 Å². The molecule has 1 aromatic heterocycles. The van der Waals surface area contributed by atoms with Crippen LogP contribution in [0.15, 0.2) is 17.1 Å². The smallest absolute Gasteiger partial charge is 0.351 e. The average molecular weight is 393 g/mol. The molecule has 11 heteroatoms. The third kappa shape index (κ3) is 4.29. The lowest BCUT2D eigenvalue weighted by atomic mass is 9.96. The molecule has 1 saturated heterocycles. The molecular formula is C17H19N3O8. The van der Waals surface area contributed by atoms with E-state index in [-0.39, 0.29) is 5.82 Å². The molecule has 0 bridgehead atoms. The second kappa shape index (κ2) is 8.10. The zero-order valence-electron chi connectivity index (χ0n) is 15.4. The topological polar surface area (TPSA) is 149 Å². The molecular weight excluding hydrogens is 374 g/mol. The van der Waals surface area contributed by atoms with E-state index < -0.39 is 54.2 Å². The molecule has 2 rings (SSSR count). The fourth-order valence-electron chi connectivity index (χ4n) is 2.73. The van der Waals surface area contributed by atoms with E-state index >= 15 is 0 Å². The Hall–Kier alpha value is -3.39. The number of carbonyl (C=O) groups is 3. The van der Waals surface area contributed by atoms with Crippen LogP contribution in [0.2, 0.25) is 0 Å². The summed E-state index contributed by atoms with van der Waals surface area (Å²) in [6.45, 7) is 2.87. The van der Waals surface area contributed by atoms with Gasteiger partial charge in [0, 0.05) is 27.0 Å². The molecule has 1 aliphatic heterocycles. The number of terminal acetylenes is 1.